The maximum Gasteiger partial charge on any atom is 0.150 e. The Morgan fingerprint density at radius 3 is 2.58 bits per heavy atom. The smallest absolute Gasteiger partial charge is 0.150 e. The highest BCUT2D eigenvalue weighted by atomic mass is 16.5. The fourth-order valence-corrected chi connectivity index (χ4v) is 3.31. The van der Waals surface area contributed by atoms with Gasteiger partial charge in [-0.15, -0.1) is 0 Å². The number of hydrogen-bond donors (Lipinski definition) is 0. The van der Waals surface area contributed by atoms with Crippen LogP contribution >= 0.6 is 0 Å². The van der Waals surface area contributed by atoms with E-state index in [1.54, 1.807) is 0 Å². The molecule has 0 saturated carbocycles. The van der Waals surface area contributed by atoms with E-state index >= 15 is 0 Å². The molecule has 0 amide bonds. The van der Waals surface area contributed by atoms with E-state index in [1.165, 1.54) is 23.2 Å². The molecular weight excluding hydrogens is 324 g/mol. The average Bonchev–Trinajstić information content (AvgIpc) is 3.17. The van der Waals surface area contributed by atoms with Crippen molar-refractivity contribution < 1.29 is 9.47 Å². The lowest BCUT2D eigenvalue weighted by atomic mass is 10.1. The van der Waals surface area contributed by atoms with E-state index in [0.29, 0.717) is 6.61 Å². The minimum atomic E-state index is 0.0854. The van der Waals surface area contributed by atoms with E-state index < -0.39 is 0 Å². The van der Waals surface area contributed by atoms with E-state index in [4.69, 9.17) is 9.47 Å². The third kappa shape index (κ3) is 4.14. The summed E-state index contributed by atoms with van der Waals surface area (Å²) in [6, 6.07) is 20.6. The molecule has 0 bridgehead atoms. The summed E-state index contributed by atoms with van der Waals surface area (Å²) in [5.41, 5.74) is 3.61. The minimum absolute atomic E-state index is 0.0854. The Hall–Kier alpha value is -2.59. The van der Waals surface area contributed by atoms with E-state index in [9.17, 15) is 0 Å². The number of benzene rings is 2. The molecule has 2 aromatic carbocycles. The molecule has 0 aliphatic carbocycles. The Balaban J connectivity index is 1.38. The van der Waals surface area contributed by atoms with E-state index in [1.807, 2.05) is 41.2 Å². The molecule has 26 heavy (non-hydrogen) atoms. The third-order valence-corrected chi connectivity index (χ3v) is 4.74. The van der Waals surface area contributed by atoms with Crippen LogP contribution in [0.15, 0.2) is 66.9 Å². The zero-order valence-electron chi connectivity index (χ0n) is 14.9. The van der Waals surface area contributed by atoms with Crippen LogP contribution in [0.5, 0.6) is 5.75 Å². The summed E-state index contributed by atoms with van der Waals surface area (Å²) in [4.78, 5) is 0. The van der Waals surface area contributed by atoms with E-state index in [2.05, 4.69) is 35.4 Å². The molecule has 1 aromatic heterocycles. The SMILES string of the molecule is c1ccc(COc2ccc(Cc3ccnn3C3CCCCO3)cc2)cc1. The summed E-state index contributed by atoms with van der Waals surface area (Å²) in [6.45, 7) is 1.42. The normalized spacial score (nSPS) is 17.2. The molecular formula is C22H24N2O2. The van der Waals surface area contributed by atoms with Gasteiger partial charge in [0.15, 0.2) is 0 Å². The number of nitrogens with zero attached hydrogens (tertiary/aromatic N) is 2. The van der Waals surface area contributed by atoms with Gasteiger partial charge in [0.05, 0.1) is 0 Å². The summed E-state index contributed by atoms with van der Waals surface area (Å²) >= 11 is 0. The van der Waals surface area contributed by atoms with Gasteiger partial charge in [-0.1, -0.05) is 42.5 Å². The summed E-state index contributed by atoms with van der Waals surface area (Å²) in [5.74, 6) is 0.890. The minimum Gasteiger partial charge on any atom is -0.489 e. The second-order valence-electron chi connectivity index (χ2n) is 6.68. The standard InChI is InChI=1S/C22H24N2O2/c1-2-6-19(7-3-1)17-26-21-11-9-18(10-12-21)16-20-13-14-23-24(20)22-8-4-5-15-25-22/h1-3,6-7,9-14,22H,4-5,8,15-17H2. The number of rotatable bonds is 6. The van der Waals surface area contributed by atoms with Gasteiger partial charge in [-0.25, -0.2) is 4.68 Å². The first-order valence-corrected chi connectivity index (χ1v) is 9.28. The zero-order valence-corrected chi connectivity index (χ0v) is 14.9. The highest BCUT2D eigenvalue weighted by Crippen LogP contribution is 2.24. The van der Waals surface area contributed by atoms with E-state index in [0.717, 1.165) is 31.6 Å². The molecule has 4 nitrogen and oxygen atoms in total. The van der Waals surface area contributed by atoms with Crippen LogP contribution in [-0.2, 0) is 17.8 Å². The first kappa shape index (κ1) is 16.9. The molecule has 4 heteroatoms. The van der Waals surface area contributed by atoms with Gasteiger partial charge in [0.2, 0.25) is 0 Å². The average molecular weight is 348 g/mol. The third-order valence-electron chi connectivity index (χ3n) is 4.74. The van der Waals surface area contributed by atoms with Crippen LogP contribution in [-0.4, -0.2) is 16.4 Å². The maximum atomic E-state index is 5.87. The van der Waals surface area contributed by atoms with Crippen LogP contribution in [0.1, 0.15) is 42.3 Å². The molecule has 4 rings (SSSR count). The predicted molar refractivity (Wildman–Crippen MR) is 101 cm³/mol. The molecule has 0 spiro atoms. The molecule has 2 heterocycles. The molecule has 134 valence electrons. The van der Waals surface area contributed by atoms with Gasteiger partial charge in [-0.05, 0) is 48.6 Å². The van der Waals surface area contributed by atoms with Crippen molar-refractivity contribution in [2.45, 2.75) is 38.5 Å². The summed E-state index contributed by atoms with van der Waals surface area (Å²) in [7, 11) is 0. The van der Waals surface area contributed by atoms with Gasteiger partial charge in [-0.2, -0.15) is 5.10 Å². The van der Waals surface area contributed by atoms with Crippen molar-refractivity contribution in [1.29, 1.82) is 0 Å². The zero-order chi connectivity index (χ0) is 17.6. The molecule has 1 fully saturated rings. The second kappa shape index (κ2) is 8.19. The topological polar surface area (TPSA) is 36.3 Å². The van der Waals surface area contributed by atoms with Crippen LogP contribution in [0.3, 0.4) is 0 Å². The van der Waals surface area contributed by atoms with Gasteiger partial charge in [0, 0.05) is 24.9 Å². The molecule has 1 saturated heterocycles. The van der Waals surface area contributed by atoms with Crippen LogP contribution in [0.25, 0.3) is 0 Å². The maximum absolute atomic E-state index is 5.87. The molecule has 3 aromatic rings. The van der Waals surface area contributed by atoms with Crippen molar-refractivity contribution in [1.82, 2.24) is 9.78 Å². The van der Waals surface area contributed by atoms with Crippen LogP contribution < -0.4 is 4.74 Å². The molecule has 1 aliphatic heterocycles. The fraction of sp³-hybridized carbons (Fsp3) is 0.318. The van der Waals surface area contributed by atoms with Gasteiger partial charge in [0.1, 0.15) is 18.6 Å². The largest absolute Gasteiger partial charge is 0.489 e. The molecule has 0 N–H and O–H groups in total. The first-order valence-electron chi connectivity index (χ1n) is 9.28. The number of aromatic nitrogens is 2. The van der Waals surface area contributed by atoms with Crippen molar-refractivity contribution in [3.63, 3.8) is 0 Å². The first-order chi connectivity index (χ1) is 12.9. The van der Waals surface area contributed by atoms with Crippen LogP contribution in [0, 0.1) is 0 Å². The summed E-state index contributed by atoms with van der Waals surface area (Å²) < 4.78 is 13.8. The second-order valence-corrected chi connectivity index (χ2v) is 6.68. The summed E-state index contributed by atoms with van der Waals surface area (Å²) in [6.07, 6.45) is 6.20. The Bertz CT molecular complexity index is 806. The van der Waals surface area contributed by atoms with Crippen molar-refractivity contribution in [3.8, 4) is 5.75 Å². The lowest BCUT2D eigenvalue weighted by Gasteiger charge is -2.24. The fourth-order valence-electron chi connectivity index (χ4n) is 3.31. The molecule has 1 unspecified atom stereocenters. The number of hydrogen-bond acceptors (Lipinski definition) is 3. The monoisotopic (exact) mass is 348 g/mol. The number of ether oxygens (including phenoxy) is 2. The Labute approximate surface area is 154 Å². The van der Waals surface area contributed by atoms with Crippen LogP contribution in [0.4, 0.5) is 0 Å². The molecule has 1 atom stereocenters. The van der Waals surface area contributed by atoms with Crippen LogP contribution in [0.2, 0.25) is 0 Å². The van der Waals surface area contributed by atoms with E-state index in [-0.39, 0.29) is 6.23 Å². The predicted octanol–water partition coefficient (Wildman–Crippen LogP) is 4.75. The van der Waals surface area contributed by atoms with Crippen molar-refractivity contribution >= 4 is 0 Å². The summed E-state index contributed by atoms with van der Waals surface area (Å²) in [5, 5.41) is 4.48. The highest BCUT2D eigenvalue weighted by molar-refractivity contribution is 5.30. The van der Waals surface area contributed by atoms with Crippen molar-refractivity contribution in [2.24, 2.45) is 0 Å². The van der Waals surface area contributed by atoms with Gasteiger partial charge < -0.3 is 9.47 Å². The Morgan fingerprint density at radius 2 is 1.81 bits per heavy atom. The molecule has 1 aliphatic rings. The lowest BCUT2D eigenvalue weighted by Crippen LogP contribution is -2.21. The van der Waals surface area contributed by atoms with Crippen molar-refractivity contribution in [3.05, 3.63) is 83.7 Å². The van der Waals surface area contributed by atoms with Crippen molar-refractivity contribution in [2.75, 3.05) is 6.61 Å². The molecule has 0 radical (unpaired) electrons. The van der Waals surface area contributed by atoms with Gasteiger partial charge in [0.25, 0.3) is 0 Å². The van der Waals surface area contributed by atoms with Gasteiger partial charge in [-0.3, -0.25) is 0 Å². The quantitative estimate of drug-likeness (QED) is 0.645. The Kier molecular flexibility index (Phi) is 5.31. The highest BCUT2D eigenvalue weighted by Gasteiger charge is 2.18. The Morgan fingerprint density at radius 1 is 0.962 bits per heavy atom. The van der Waals surface area contributed by atoms with Gasteiger partial charge >= 0.3 is 0 Å². The lowest BCUT2D eigenvalue weighted by molar-refractivity contribution is -0.0409.